The summed E-state index contributed by atoms with van der Waals surface area (Å²) in [5.74, 6) is -0.907. The third-order valence-corrected chi connectivity index (χ3v) is 10.3. The van der Waals surface area contributed by atoms with E-state index in [9.17, 15) is 29.4 Å². The highest BCUT2D eigenvalue weighted by Crippen LogP contribution is 2.29. The molecule has 1 aliphatic rings. The zero-order chi connectivity index (χ0) is 39.6. The highest BCUT2D eigenvalue weighted by Gasteiger charge is 2.44. The van der Waals surface area contributed by atoms with Gasteiger partial charge in [0.2, 0.25) is 11.8 Å². The maximum absolute atomic E-state index is 14.4. The number of aliphatic hydroxyl groups is 1. The number of thiazole rings is 1. The molecule has 2 aromatic carbocycles. The van der Waals surface area contributed by atoms with Crippen LogP contribution < -0.4 is 16.0 Å². The van der Waals surface area contributed by atoms with E-state index in [4.69, 9.17) is 4.74 Å². The number of hydrogen-bond acceptors (Lipinski definition) is 8. The molecule has 4 rings (SSSR count). The molecule has 294 valence electrons. The molecule has 2 heterocycles. The number of rotatable bonds is 17. The number of nitrogens with zero attached hydrogens (tertiary/aromatic N) is 3. The van der Waals surface area contributed by atoms with Crippen molar-refractivity contribution in [3.8, 4) is 0 Å². The molecule has 0 unspecified atom stereocenters. The first-order chi connectivity index (χ1) is 25.5. The molecule has 0 radical (unpaired) electrons. The molecule has 0 bridgehead atoms. The number of amides is 5. The zero-order valence-electron chi connectivity index (χ0n) is 32.4. The van der Waals surface area contributed by atoms with Crippen molar-refractivity contribution in [2.45, 2.75) is 104 Å². The van der Waals surface area contributed by atoms with E-state index in [1.807, 2.05) is 86.8 Å². The smallest absolute Gasteiger partial charge is 0.405 e. The lowest BCUT2D eigenvalue weighted by atomic mass is 9.84. The van der Waals surface area contributed by atoms with E-state index in [-0.39, 0.29) is 18.9 Å². The Morgan fingerprint density at radius 3 is 2.04 bits per heavy atom. The summed E-state index contributed by atoms with van der Waals surface area (Å²) in [6, 6.07) is 15.4. The average Bonchev–Trinajstić information content (AvgIpc) is 3.68. The van der Waals surface area contributed by atoms with Crippen molar-refractivity contribution >= 4 is 35.3 Å². The van der Waals surface area contributed by atoms with Gasteiger partial charge in [-0.15, -0.1) is 11.3 Å². The van der Waals surface area contributed by atoms with E-state index in [1.165, 1.54) is 11.3 Å². The standard InChI is InChI=1S/C40H56N6O7S/c1-39(2,3)33(44-37(50)51)35(48)42-28(20-26-14-10-8-11-15-26)22-31(47)30(21-27-16-12-9-13-17-27)43-36(49)34(40(4,5)6)46-19-18-45(38(46)52)23-29-25-54-32(41-29)24-53-7/h8-17,25,28,30-31,33-34,44,47H,18-24H2,1-7H3,(H,42,48)(H,43,49)(H,50,51)/t28-,30-,31-,33+,34+/m0/s1. The van der Waals surface area contributed by atoms with Crippen molar-refractivity contribution < 1.29 is 34.1 Å². The van der Waals surface area contributed by atoms with Crippen molar-refractivity contribution in [3.63, 3.8) is 0 Å². The lowest BCUT2D eigenvalue weighted by molar-refractivity contribution is -0.131. The Kier molecular flexibility index (Phi) is 14.6. The first kappa shape index (κ1) is 42.2. The molecule has 54 heavy (non-hydrogen) atoms. The predicted octanol–water partition coefficient (Wildman–Crippen LogP) is 4.83. The molecule has 1 saturated heterocycles. The number of methoxy groups -OCH3 is 1. The van der Waals surface area contributed by atoms with Crippen LogP contribution in [0.2, 0.25) is 0 Å². The van der Waals surface area contributed by atoms with Crippen LogP contribution in [-0.4, -0.2) is 99.4 Å². The monoisotopic (exact) mass is 764 g/mol. The molecular formula is C40H56N6O7S. The van der Waals surface area contributed by atoms with E-state index in [1.54, 1.807) is 37.7 Å². The number of aromatic nitrogens is 1. The summed E-state index contributed by atoms with van der Waals surface area (Å²) in [6.45, 7) is 12.5. The first-order valence-corrected chi connectivity index (χ1v) is 19.2. The number of carbonyl (C=O) groups is 4. The number of nitrogens with one attached hydrogen (secondary N) is 3. The van der Waals surface area contributed by atoms with E-state index >= 15 is 0 Å². The van der Waals surface area contributed by atoms with Gasteiger partial charge in [0, 0.05) is 31.6 Å². The van der Waals surface area contributed by atoms with Crippen molar-refractivity contribution in [2.75, 3.05) is 20.2 Å². The Hall–Kier alpha value is -4.53. The zero-order valence-corrected chi connectivity index (χ0v) is 33.2. The molecule has 1 aromatic heterocycles. The normalized spacial score (nSPS) is 16.3. The minimum atomic E-state index is -1.32. The first-order valence-electron chi connectivity index (χ1n) is 18.3. The van der Waals surface area contributed by atoms with Gasteiger partial charge in [-0.25, -0.2) is 14.6 Å². The summed E-state index contributed by atoms with van der Waals surface area (Å²) >= 11 is 1.47. The molecule has 3 aromatic rings. The fourth-order valence-electron chi connectivity index (χ4n) is 6.84. The van der Waals surface area contributed by atoms with E-state index in [0.717, 1.165) is 21.8 Å². The Labute approximate surface area is 322 Å². The van der Waals surface area contributed by atoms with Gasteiger partial charge >= 0.3 is 12.1 Å². The van der Waals surface area contributed by atoms with E-state index < -0.39 is 59.0 Å². The summed E-state index contributed by atoms with van der Waals surface area (Å²) in [6.07, 6.45) is -1.76. The molecule has 5 N–H and O–H groups in total. The topological polar surface area (TPSA) is 173 Å². The third kappa shape index (κ3) is 12.0. The number of aliphatic hydroxyl groups excluding tert-OH is 1. The van der Waals surface area contributed by atoms with Gasteiger partial charge in [-0.05, 0) is 41.2 Å². The molecule has 1 aliphatic heterocycles. The highest BCUT2D eigenvalue weighted by atomic mass is 32.1. The predicted molar refractivity (Wildman–Crippen MR) is 208 cm³/mol. The van der Waals surface area contributed by atoms with Crippen LogP contribution >= 0.6 is 11.3 Å². The number of benzene rings is 2. The van der Waals surface area contributed by atoms with Crippen LogP contribution in [0.15, 0.2) is 66.0 Å². The van der Waals surface area contributed by atoms with Crippen LogP contribution in [0.1, 0.15) is 69.8 Å². The second-order valence-corrected chi connectivity index (χ2v) is 17.0. The molecule has 0 saturated carbocycles. The molecule has 0 aliphatic carbocycles. The molecule has 14 heteroatoms. The molecule has 13 nitrogen and oxygen atoms in total. The number of carbonyl (C=O) groups excluding carboxylic acids is 3. The molecule has 5 amide bonds. The second-order valence-electron chi connectivity index (χ2n) is 16.1. The lowest BCUT2D eigenvalue weighted by Gasteiger charge is -2.38. The molecule has 1 fully saturated rings. The molecule has 0 spiro atoms. The summed E-state index contributed by atoms with van der Waals surface area (Å²) in [5.41, 5.74) is 1.16. The Morgan fingerprint density at radius 1 is 0.870 bits per heavy atom. The minimum absolute atomic E-state index is 0.0532. The second kappa shape index (κ2) is 18.7. The number of carboxylic acid groups (broad SMARTS) is 1. The Bertz CT molecular complexity index is 1690. The third-order valence-electron chi connectivity index (χ3n) is 9.41. The largest absolute Gasteiger partial charge is 0.465 e. The van der Waals surface area contributed by atoms with E-state index in [2.05, 4.69) is 20.9 Å². The van der Waals surface area contributed by atoms with Gasteiger partial charge in [0.05, 0.1) is 31.0 Å². The fraction of sp³-hybridized carbons (Fsp3) is 0.525. The van der Waals surface area contributed by atoms with Crippen LogP contribution in [0.4, 0.5) is 9.59 Å². The number of hydrogen-bond donors (Lipinski definition) is 5. The minimum Gasteiger partial charge on any atom is -0.465 e. The van der Waals surface area contributed by atoms with Crippen molar-refractivity contribution in [1.82, 2.24) is 30.7 Å². The van der Waals surface area contributed by atoms with Crippen molar-refractivity contribution in [2.24, 2.45) is 10.8 Å². The number of ether oxygens (including phenoxy) is 1. The van der Waals surface area contributed by atoms with Crippen molar-refractivity contribution in [1.29, 1.82) is 0 Å². The summed E-state index contributed by atoms with van der Waals surface area (Å²) in [4.78, 5) is 61.4. The van der Waals surface area contributed by atoms with E-state index in [0.29, 0.717) is 32.7 Å². The van der Waals surface area contributed by atoms with Crippen LogP contribution in [-0.2, 0) is 40.3 Å². The van der Waals surface area contributed by atoms with Gasteiger partial charge in [-0.2, -0.15) is 0 Å². The summed E-state index contributed by atoms with van der Waals surface area (Å²) in [7, 11) is 1.61. The van der Waals surface area contributed by atoms with Gasteiger partial charge in [0.15, 0.2) is 0 Å². The van der Waals surface area contributed by atoms with Crippen LogP contribution in [0.3, 0.4) is 0 Å². The quantitative estimate of drug-likeness (QED) is 0.130. The van der Waals surface area contributed by atoms with Gasteiger partial charge in [-0.3, -0.25) is 9.59 Å². The average molecular weight is 765 g/mol. The summed E-state index contributed by atoms with van der Waals surface area (Å²) < 4.78 is 5.19. The van der Waals surface area contributed by atoms with Crippen LogP contribution in [0.25, 0.3) is 0 Å². The lowest BCUT2D eigenvalue weighted by Crippen LogP contribution is -2.59. The Morgan fingerprint density at radius 2 is 1.48 bits per heavy atom. The Balaban J connectivity index is 1.58. The van der Waals surface area contributed by atoms with Crippen LogP contribution in [0.5, 0.6) is 0 Å². The maximum Gasteiger partial charge on any atom is 0.405 e. The highest BCUT2D eigenvalue weighted by molar-refractivity contribution is 7.09. The molecular weight excluding hydrogens is 709 g/mol. The SMILES string of the molecule is COCc1nc(CN2CCN([C@H](C(=O)N[C@@H](Cc3ccccc3)[C@@H](O)C[C@H](Cc3ccccc3)NC(=O)[C@@H](NC(=O)O)C(C)(C)C)C(C)(C)C)C2=O)cs1. The van der Waals surface area contributed by atoms with Gasteiger partial charge < -0.3 is 40.7 Å². The number of urea groups is 1. The van der Waals surface area contributed by atoms with Crippen LogP contribution in [0, 0.1) is 10.8 Å². The van der Waals surface area contributed by atoms with Gasteiger partial charge in [0.1, 0.15) is 17.1 Å². The fourth-order valence-corrected chi connectivity index (χ4v) is 7.60. The van der Waals surface area contributed by atoms with Crippen molar-refractivity contribution in [3.05, 3.63) is 87.9 Å². The molecule has 5 atom stereocenters. The van der Waals surface area contributed by atoms with Gasteiger partial charge in [-0.1, -0.05) is 102 Å². The van der Waals surface area contributed by atoms with Gasteiger partial charge in [0.25, 0.3) is 0 Å². The summed E-state index contributed by atoms with van der Waals surface area (Å²) in [5, 5.41) is 32.7. The maximum atomic E-state index is 14.4.